The van der Waals surface area contributed by atoms with Gasteiger partial charge in [0.15, 0.2) is 17.5 Å². The van der Waals surface area contributed by atoms with Crippen LogP contribution in [-0.4, -0.2) is 15.0 Å². The zero-order valence-corrected chi connectivity index (χ0v) is 28.9. The zero-order valence-electron chi connectivity index (χ0n) is 28.9. The Bertz CT molecular complexity index is 3120. The molecule has 7 aromatic carbocycles. The van der Waals surface area contributed by atoms with E-state index in [1.54, 1.807) is 0 Å². The summed E-state index contributed by atoms with van der Waals surface area (Å²) in [5.74, 6) is 3.26. The standard InChI is InChI=1S/C48H31N3O2/c1-28-21-23-40-37(25-28)38-26-31(22-24-41(38)52-40)33-17-9-19-42-44(33)45-36(18-10-20-43(45)53-42)47-49-46(29-11-3-2-4-12-29)50-48(51-47)39-27-30-13-5-6-14-32(30)34-15-7-8-16-35(34)39/h2-24,26-28H,25H2,1H3. The van der Waals surface area contributed by atoms with Crippen molar-refractivity contribution in [3.63, 3.8) is 0 Å². The molecule has 1 aliphatic rings. The van der Waals surface area contributed by atoms with Crippen molar-refractivity contribution < 1.29 is 8.83 Å². The van der Waals surface area contributed by atoms with Gasteiger partial charge in [0, 0.05) is 38.4 Å². The van der Waals surface area contributed by atoms with Crippen molar-refractivity contribution in [1.82, 2.24) is 15.0 Å². The quantitative estimate of drug-likeness (QED) is 0.173. The molecule has 1 aliphatic carbocycles. The Morgan fingerprint density at radius 3 is 2.00 bits per heavy atom. The first kappa shape index (κ1) is 29.8. The topological polar surface area (TPSA) is 65.0 Å². The summed E-state index contributed by atoms with van der Waals surface area (Å²) in [4.78, 5) is 15.6. The Morgan fingerprint density at radius 1 is 0.491 bits per heavy atom. The highest BCUT2D eigenvalue weighted by Gasteiger charge is 2.23. The van der Waals surface area contributed by atoms with Crippen LogP contribution in [0.15, 0.2) is 154 Å². The van der Waals surface area contributed by atoms with Crippen LogP contribution in [0.1, 0.15) is 18.2 Å². The minimum absolute atomic E-state index is 0.467. The van der Waals surface area contributed by atoms with Gasteiger partial charge in [0.2, 0.25) is 0 Å². The van der Waals surface area contributed by atoms with E-state index in [1.165, 1.54) is 10.9 Å². The molecule has 0 fully saturated rings. The minimum atomic E-state index is 0.467. The van der Waals surface area contributed by atoms with Gasteiger partial charge in [-0.25, -0.2) is 15.0 Å². The molecule has 5 nitrogen and oxygen atoms in total. The van der Waals surface area contributed by atoms with Crippen LogP contribution in [0, 0.1) is 5.92 Å². The molecule has 1 atom stereocenters. The molecule has 0 N–H and O–H groups in total. The van der Waals surface area contributed by atoms with E-state index in [2.05, 4.69) is 122 Å². The first-order chi connectivity index (χ1) is 26.2. The van der Waals surface area contributed by atoms with Gasteiger partial charge in [0.05, 0.1) is 0 Å². The van der Waals surface area contributed by atoms with Crippen molar-refractivity contribution >= 4 is 60.5 Å². The van der Waals surface area contributed by atoms with Crippen LogP contribution in [0.25, 0.3) is 106 Å². The molecule has 11 rings (SSSR count). The molecule has 250 valence electrons. The number of allylic oxidation sites excluding steroid dienone is 1. The van der Waals surface area contributed by atoms with Crippen molar-refractivity contribution in [2.45, 2.75) is 13.3 Å². The largest absolute Gasteiger partial charge is 0.456 e. The first-order valence-corrected chi connectivity index (χ1v) is 18.1. The normalized spacial score (nSPS) is 14.2. The smallest absolute Gasteiger partial charge is 0.164 e. The Morgan fingerprint density at radius 2 is 1.17 bits per heavy atom. The van der Waals surface area contributed by atoms with Crippen LogP contribution < -0.4 is 0 Å². The van der Waals surface area contributed by atoms with Crippen molar-refractivity contribution in [3.05, 3.63) is 157 Å². The molecule has 1 unspecified atom stereocenters. The van der Waals surface area contributed by atoms with Crippen LogP contribution in [0.4, 0.5) is 0 Å². The molecule has 0 amide bonds. The number of furan rings is 2. The van der Waals surface area contributed by atoms with E-state index in [-0.39, 0.29) is 0 Å². The molecule has 0 saturated heterocycles. The predicted molar refractivity (Wildman–Crippen MR) is 216 cm³/mol. The molecule has 3 heterocycles. The fourth-order valence-corrected chi connectivity index (χ4v) is 8.19. The lowest BCUT2D eigenvalue weighted by atomic mass is 9.91. The van der Waals surface area contributed by atoms with Gasteiger partial charge >= 0.3 is 0 Å². The Balaban J connectivity index is 1.17. The third-order valence-electron chi connectivity index (χ3n) is 10.7. The van der Waals surface area contributed by atoms with Crippen LogP contribution in [0.5, 0.6) is 0 Å². The van der Waals surface area contributed by atoms with E-state index in [0.717, 1.165) is 89.1 Å². The highest BCUT2D eigenvalue weighted by molar-refractivity contribution is 6.18. The van der Waals surface area contributed by atoms with Crippen LogP contribution in [0.2, 0.25) is 0 Å². The summed E-state index contributed by atoms with van der Waals surface area (Å²) in [7, 11) is 0. The molecule has 5 heteroatoms. The Hall–Kier alpha value is -6.85. The lowest BCUT2D eigenvalue weighted by Gasteiger charge is -2.13. The minimum Gasteiger partial charge on any atom is -0.456 e. The van der Waals surface area contributed by atoms with E-state index in [4.69, 9.17) is 23.8 Å². The van der Waals surface area contributed by atoms with Gasteiger partial charge in [0.25, 0.3) is 0 Å². The summed E-state index contributed by atoms with van der Waals surface area (Å²) in [6, 6.07) is 48.3. The summed E-state index contributed by atoms with van der Waals surface area (Å²) in [6.45, 7) is 2.25. The maximum Gasteiger partial charge on any atom is 0.164 e. The maximum absolute atomic E-state index is 6.59. The van der Waals surface area contributed by atoms with Crippen molar-refractivity contribution in [2.24, 2.45) is 5.92 Å². The van der Waals surface area contributed by atoms with Gasteiger partial charge < -0.3 is 8.83 Å². The number of nitrogens with zero attached hydrogens (tertiary/aromatic N) is 3. The molecule has 0 bridgehead atoms. The van der Waals surface area contributed by atoms with Gasteiger partial charge in [0.1, 0.15) is 22.5 Å². The Labute approximate surface area is 304 Å². The van der Waals surface area contributed by atoms with Gasteiger partial charge in [-0.15, -0.1) is 0 Å². The second kappa shape index (κ2) is 11.6. The third-order valence-corrected chi connectivity index (χ3v) is 10.7. The number of aromatic nitrogens is 3. The SMILES string of the molecule is CC1C=Cc2oc3ccc(-c4cccc5oc6cccc(-c7nc(-c8ccccc8)nc(-c8cc9ccccc9c9ccccc89)n7)c6c45)cc3c2C1. The fraction of sp³-hybridized carbons (Fsp3) is 0.0625. The second-order valence-electron chi connectivity index (χ2n) is 14.0. The van der Waals surface area contributed by atoms with Gasteiger partial charge in [-0.1, -0.05) is 122 Å². The molecule has 0 aliphatic heterocycles. The fourth-order valence-electron chi connectivity index (χ4n) is 8.19. The predicted octanol–water partition coefficient (Wildman–Crippen LogP) is 12.7. The summed E-state index contributed by atoms with van der Waals surface area (Å²) >= 11 is 0. The van der Waals surface area contributed by atoms with Crippen molar-refractivity contribution in [3.8, 4) is 45.3 Å². The molecule has 10 aromatic rings. The number of benzene rings is 7. The molecule has 0 saturated carbocycles. The number of hydrogen-bond donors (Lipinski definition) is 0. The number of hydrogen-bond acceptors (Lipinski definition) is 5. The average Bonchev–Trinajstić information content (AvgIpc) is 3.78. The van der Waals surface area contributed by atoms with E-state index in [1.807, 2.05) is 36.4 Å². The Kier molecular flexibility index (Phi) is 6.52. The van der Waals surface area contributed by atoms with Crippen LogP contribution in [-0.2, 0) is 6.42 Å². The third kappa shape index (κ3) is 4.74. The van der Waals surface area contributed by atoms with E-state index in [0.29, 0.717) is 23.4 Å². The molecular weight excluding hydrogens is 651 g/mol. The lowest BCUT2D eigenvalue weighted by molar-refractivity contribution is 0.584. The molecule has 53 heavy (non-hydrogen) atoms. The summed E-state index contributed by atoms with van der Waals surface area (Å²) < 4.78 is 12.9. The van der Waals surface area contributed by atoms with Crippen LogP contribution in [0.3, 0.4) is 0 Å². The second-order valence-corrected chi connectivity index (χ2v) is 14.0. The number of fused-ring (bicyclic) bond motifs is 9. The highest BCUT2D eigenvalue weighted by Crippen LogP contribution is 2.43. The van der Waals surface area contributed by atoms with E-state index >= 15 is 0 Å². The number of rotatable bonds is 4. The van der Waals surface area contributed by atoms with Gasteiger partial charge in [-0.2, -0.15) is 0 Å². The summed E-state index contributed by atoms with van der Waals surface area (Å²) in [5.41, 5.74) is 8.75. The van der Waals surface area contributed by atoms with Gasteiger partial charge in [-0.3, -0.25) is 0 Å². The monoisotopic (exact) mass is 681 g/mol. The highest BCUT2D eigenvalue weighted by atomic mass is 16.3. The first-order valence-electron chi connectivity index (χ1n) is 18.1. The zero-order chi connectivity index (χ0) is 35.0. The van der Waals surface area contributed by atoms with Crippen molar-refractivity contribution in [2.75, 3.05) is 0 Å². The van der Waals surface area contributed by atoms with Crippen molar-refractivity contribution in [1.29, 1.82) is 0 Å². The van der Waals surface area contributed by atoms with Crippen LogP contribution >= 0.6 is 0 Å². The van der Waals surface area contributed by atoms with E-state index < -0.39 is 0 Å². The lowest BCUT2D eigenvalue weighted by Crippen LogP contribution is -2.01. The van der Waals surface area contributed by atoms with Gasteiger partial charge in [-0.05, 0) is 81.4 Å². The average molecular weight is 682 g/mol. The van der Waals surface area contributed by atoms with E-state index in [9.17, 15) is 0 Å². The molecule has 0 radical (unpaired) electrons. The molecule has 0 spiro atoms. The molecular formula is C48H31N3O2. The molecule has 3 aromatic heterocycles. The maximum atomic E-state index is 6.59. The summed E-state index contributed by atoms with van der Waals surface area (Å²) in [6.07, 6.45) is 5.31. The summed E-state index contributed by atoms with van der Waals surface area (Å²) in [5, 5.41) is 7.77.